The molecule has 0 spiro atoms. The van der Waals surface area contributed by atoms with Gasteiger partial charge in [0.15, 0.2) is 0 Å². The number of hydrogen-bond donors (Lipinski definition) is 1. The van der Waals surface area contributed by atoms with E-state index >= 15 is 0 Å². The van der Waals surface area contributed by atoms with E-state index in [4.69, 9.17) is 0 Å². The monoisotopic (exact) mass is 261 g/mol. The van der Waals surface area contributed by atoms with Crippen LogP contribution in [-0.2, 0) is 4.79 Å². The van der Waals surface area contributed by atoms with E-state index in [1.165, 1.54) is 30.6 Å². The lowest BCUT2D eigenvalue weighted by Crippen LogP contribution is -2.39. The maximum Gasteiger partial charge on any atom is 0.230 e. The van der Waals surface area contributed by atoms with E-state index in [-0.39, 0.29) is 5.91 Å². The summed E-state index contributed by atoms with van der Waals surface area (Å²) in [6.45, 7) is 0. The zero-order valence-corrected chi connectivity index (χ0v) is 11.3. The minimum absolute atomic E-state index is 0.196. The number of nitrogens with one attached hydrogen (secondary N) is 1. The summed E-state index contributed by atoms with van der Waals surface area (Å²) < 4.78 is 0. The molecule has 1 amide bonds. The van der Waals surface area contributed by atoms with Gasteiger partial charge in [-0.05, 0) is 43.2 Å². The summed E-state index contributed by atoms with van der Waals surface area (Å²) in [5.74, 6) is 2.39. The van der Waals surface area contributed by atoms with Crippen molar-refractivity contribution < 1.29 is 4.79 Å². The first-order valence-electron chi connectivity index (χ1n) is 6.78. The highest BCUT2D eigenvalue weighted by molar-refractivity contribution is 8.00. The topological polar surface area (TPSA) is 29.1 Å². The smallest absolute Gasteiger partial charge is 0.230 e. The van der Waals surface area contributed by atoms with Crippen LogP contribution in [0.25, 0.3) is 0 Å². The molecular weight excluding hydrogens is 242 g/mol. The van der Waals surface area contributed by atoms with Crippen molar-refractivity contribution in [2.45, 2.75) is 36.6 Å². The number of amides is 1. The van der Waals surface area contributed by atoms with Gasteiger partial charge in [-0.25, -0.2) is 0 Å². The zero-order valence-electron chi connectivity index (χ0n) is 10.5. The Morgan fingerprint density at radius 3 is 2.72 bits per heavy atom. The van der Waals surface area contributed by atoms with Gasteiger partial charge in [0.25, 0.3) is 0 Å². The summed E-state index contributed by atoms with van der Waals surface area (Å²) in [4.78, 5) is 13.1. The van der Waals surface area contributed by atoms with E-state index in [1.807, 2.05) is 18.2 Å². The lowest BCUT2D eigenvalue weighted by molar-refractivity contribution is -0.119. The Labute approximate surface area is 113 Å². The number of thioether (sulfide) groups is 1. The lowest BCUT2D eigenvalue weighted by Gasteiger charge is -2.22. The molecule has 3 rings (SSSR count). The van der Waals surface area contributed by atoms with Crippen molar-refractivity contribution in [3.63, 3.8) is 0 Å². The molecule has 0 heterocycles. The number of carbonyl (C=O) groups excluding carboxylic acids is 1. The summed E-state index contributed by atoms with van der Waals surface area (Å²) in [6, 6.07) is 10.6. The van der Waals surface area contributed by atoms with Crippen molar-refractivity contribution in [3.8, 4) is 0 Å². The lowest BCUT2D eigenvalue weighted by atomic mass is 9.95. The third-order valence-corrected chi connectivity index (χ3v) is 5.21. The molecule has 1 aromatic rings. The van der Waals surface area contributed by atoms with Crippen molar-refractivity contribution in [2.24, 2.45) is 11.8 Å². The molecule has 0 radical (unpaired) electrons. The normalized spacial score (nSPS) is 29.4. The third-order valence-electron chi connectivity index (χ3n) is 4.20. The Bertz CT molecular complexity index is 420. The minimum atomic E-state index is 0.196. The molecule has 3 atom stereocenters. The molecule has 0 saturated heterocycles. The van der Waals surface area contributed by atoms with Gasteiger partial charge in [0.2, 0.25) is 5.91 Å². The maximum atomic E-state index is 11.9. The van der Waals surface area contributed by atoms with E-state index in [1.54, 1.807) is 11.8 Å². The SMILES string of the molecule is O=C(CSc1ccccc1)N[C@@H]1C[C@@H]2CC[C@@H]1C2. The molecule has 3 heteroatoms. The van der Waals surface area contributed by atoms with Crippen LogP contribution in [0.3, 0.4) is 0 Å². The van der Waals surface area contributed by atoms with Gasteiger partial charge in [-0.1, -0.05) is 24.6 Å². The van der Waals surface area contributed by atoms with Crippen LogP contribution in [0.15, 0.2) is 35.2 Å². The Morgan fingerprint density at radius 2 is 2.06 bits per heavy atom. The van der Waals surface area contributed by atoms with Crippen LogP contribution < -0.4 is 5.32 Å². The van der Waals surface area contributed by atoms with Crippen molar-refractivity contribution >= 4 is 17.7 Å². The molecule has 0 aromatic heterocycles. The van der Waals surface area contributed by atoms with Crippen molar-refractivity contribution in [1.29, 1.82) is 0 Å². The maximum absolute atomic E-state index is 11.9. The minimum Gasteiger partial charge on any atom is -0.352 e. The van der Waals surface area contributed by atoms with Gasteiger partial charge < -0.3 is 5.32 Å². The van der Waals surface area contributed by atoms with Gasteiger partial charge >= 0.3 is 0 Å². The second-order valence-corrected chi connectivity index (χ2v) is 6.50. The van der Waals surface area contributed by atoms with Crippen LogP contribution in [0.5, 0.6) is 0 Å². The second kappa shape index (κ2) is 5.35. The molecular formula is C15H19NOS. The van der Waals surface area contributed by atoms with Gasteiger partial charge in [-0.3, -0.25) is 4.79 Å². The highest BCUT2D eigenvalue weighted by Crippen LogP contribution is 2.44. The largest absolute Gasteiger partial charge is 0.352 e. The molecule has 2 saturated carbocycles. The standard InChI is InChI=1S/C15H19NOS/c17-15(10-18-13-4-2-1-3-5-13)16-14-9-11-6-7-12(14)8-11/h1-5,11-12,14H,6-10H2,(H,16,17)/t11-,12-,14-/m1/s1. The van der Waals surface area contributed by atoms with Gasteiger partial charge in [0.1, 0.15) is 0 Å². The van der Waals surface area contributed by atoms with E-state index in [9.17, 15) is 4.79 Å². The molecule has 2 aliphatic rings. The van der Waals surface area contributed by atoms with Gasteiger partial charge in [0, 0.05) is 10.9 Å². The fourth-order valence-corrected chi connectivity index (χ4v) is 4.07. The van der Waals surface area contributed by atoms with Crippen LogP contribution in [0.2, 0.25) is 0 Å². The van der Waals surface area contributed by atoms with Crippen LogP contribution in [0.4, 0.5) is 0 Å². The molecule has 1 aromatic carbocycles. The average Bonchev–Trinajstić information content (AvgIpc) is 3.00. The Balaban J connectivity index is 1.45. The number of carbonyl (C=O) groups is 1. The molecule has 0 unspecified atom stereocenters. The molecule has 2 aliphatic carbocycles. The molecule has 2 nitrogen and oxygen atoms in total. The summed E-state index contributed by atoms with van der Waals surface area (Å²) in [5.41, 5.74) is 0. The number of benzene rings is 1. The summed E-state index contributed by atoms with van der Waals surface area (Å²) in [5, 5.41) is 3.22. The third kappa shape index (κ3) is 2.72. The zero-order chi connectivity index (χ0) is 12.4. The van der Waals surface area contributed by atoms with Crippen LogP contribution >= 0.6 is 11.8 Å². The van der Waals surface area contributed by atoms with E-state index in [0.717, 1.165) is 11.8 Å². The summed E-state index contributed by atoms with van der Waals surface area (Å²) in [7, 11) is 0. The Kier molecular flexibility index (Phi) is 3.59. The quantitative estimate of drug-likeness (QED) is 0.844. The predicted octanol–water partition coefficient (Wildman–Crippen LogP) is 3.08. The molecule has 96 valence electrons. The molecule has 18 heavy (non-hydrogen) atoms. The van der Waals surface area contributed by atoms with Gasteiger partial charge in [0.05, 0.1) is 5.75 Å². The van der Waals surface area contributed by atoms with Crippen LogP contribution in [0, 0.1) is 11.8 Å². The van der Waals surface area contributed by atoms with E-state index in [2.05, 4.69) is 17.4 Å². The highest BCUT2D eigenvalue weighted by Gasteiger charge is 2.39. The van der Waals surface area contributed by atoms with Crippen molar-refractivity contribution in [2.75, 3.05) is 5.75 Å². The van der Waals surface area contributed by atoms with Gasteiger partial charge in [-0.2, -0.15) is 0 Å². The first-order chi connectivity index (χ1) is 8.81. The Hall–Kier alpha value is -0.960. The van der Waals surface area contributed by atoms with E-state index in [0.29, 0.717) is 11.8 Å². The average molecular weight is 261 g/mol. The second-order valence-electron chi connectivity index (χ2n) is 5.45. The first-order valence-corrected chi connectivity index (χ1v) is 7.77. The molecule has 0 aliphatic heterocycles. The van der Waals surface area contributed by atoms with E-state index < -0.39 is 0 Å². The van der Waals surface area contributed by atoms with Crippen LogP contribution in [0.1, 0.15) is 25.7 Å². The molecule has 1 N–H and O–H groups in total. The molecule has 2 bridgehead atoms. The highest BCUT2D eigenvalue weighted by atomic mass is 32.2. The fourth-order valence-electron chi connectivity index (χ4n) is 3.34. The number of hydrogen-bond acceptors (Lipinski definition) is 2. The summed E-state index contributed by atoms with van der Waals surface area (Å²) in [6.07, 6.45) is 5.26. The first kappa shape index (κ1) is 12.1. The van der Waals surface area contributed by atoms with Crippen molar-refractivity contribution in [3.05, 3.63) is 30.3 Å². The van der Waals surface area contributed by atoms with Crippen molar-refractivity contribution in [1.82, 2.24) is 5.32 Å². The Morgan fingerprint density at radius 1 is 1.22 bits per heavy atom. The number of rotatable bonds is 4. The number of fused-ring (bicyclic) bond motifs is 2. The summed E-state index contributed by atoms with van der Waals surface area (Å²) >= 11 is 1.62. The predicted molar refractivity (Wildman–Crippen MR) is 74.5 cm³/mol. The van der Waals surface area contributed by atoms with Gasteiger partial charge in [-0.15, -0.1) is 11.8 Å². The van der Waals surface area contributed by atoms with Crippen LogP contribution in [-0.4, -0.2) is 17.7 Å². The fraction of sp³-hybridized carbons (Fsp3) is 0.533. The molecule has 2 fully saturated rings.